The first-order valence-corrected chi connectivity index (χ1v) is 7.70. The van der Waals surface area contributed by atoms with Gasteiger partial charge in [-0.3, -0.25) is 0 Å². The summed E-state index contributed by atoms with van der Waals surface area (Å²) in [6.45, 7) is 6.07. The highest BCUT2D eigenvalue weighted by atomic mass is 32.2. The van der Waals surface area contributed by atoms with Crippen LogP contribution in [0.3, 0.4) is 0 Å². The van der Waals surface area contributed by atoms with Crippen LogP contribution in [0.1, 0.15) is 22.8 Å². The Bertz CT molecular complexity index is 786. The van der Waals surface area contributed by atoms with Crippen molar-refractivity contribution in [3.05, 3.63) is 41.0 Å². The Kier molecular flexibility index (Phi) is 3.55. The fourth-order valence-electron chi connectivity index (χ4n) is 2.09. The maximum absolute atomic E-state index is 5.77. The van der Waals surface area contributed by atoms with Crippen molar-refractivity contribution in [2.75, 3.05) is 5.73 Å². The molecular formula is C15H17N5S. The third kappa shape index (κ3) is 2.85. The fourth-order valence-corrected chi connectivity index (χ4v) is 2.89. The number of hydrogen-bond acceptors (Lipinski definition) is 5. The lowest BCUT2D eigenvalue weighted by Crippen LogP contribution is -1.98. The number of aromatic amines is 1. The Morgan fingerprint density at radius 3 is 2.52 bits per heavy atom. The molecule has 0 saturated heterocycles. The van der Waals surface area contributed by atoms with Crippen LogP contribution < -0.4 is 5.73 Å². The smallest absolute Gasteiger partial charge is 0.188 e. The molecule has 21 heavy (non-hydrogen) atoms. The maximum atomic E-state index is 5.77. The normalized spacial score (nSPS) is 11.2. The Labute approximate surface area is 127 Å². The Morgan fingerprint density at radius 2 is 1.81 bits per heavy atom. The van der Waals surface area contributed by atoms with Crippen LogP contribution in [-0.4, -0.2) is 19.9 Å². The molecule has 5 nitrogen and oxygen atoms in total. The number of hydrogen-bond donors (Lipinski definition) is 2. The highest BCUT2D eigenvalue weighted by Crippen LogP contribution is 2.22. The molecule has 0 aliphatic rings. The number of aromatic nitrogens is 4. The van der Waals surface area contributed by atoms with Crippen molar-refractivity contribution in [3.8, 4) is 0 Å². The van der Waals surface area contributed by atoms with Crippen LogP contribution in [0.4, 0.5) is 5.69 Å². The van der Waals surface area contributed by atoms with Crippen LogP contribution in [0.15, 0.2) is 23.4 Å². The molecular weight excluding hydrogens is 282 g/mol. The van der Waals surface area contributed by atoms with Gasteiger partial charge >= 0.3 is 0 Å². The number of imidazole rings is 1. The highest BCUT2D eigenvalue weighted by Gasteiger charge is 2.08. The van der Waals surface area contributed by atoms with Crippen LogP contribution in [0.5, 0.6) is 0 Å². The van der Waals surface area contributed by atoms with Gasteiger partial charge in [-0.1, -0.05) is 11.8 Å². The van der Waals surface area contributed by atoms with Gasteiger partial charge in [-0.05, 0) is 44.5 Å². The lowest BCUT2D eigenvalue weighted by molar-refractivity contribution is 0.879. The molecule has 3 rings (SSSR count). The summed E-state index contributed by atoms with van der Waals surface area (Å²) < 4.78 is 0. The molecule has 0 radical (unpaired) electrons. The summed E-state index contributed by atoms with van der Waals surface area (Å²) in [6, 6.07) is 5.68. The van der Waals surface area contributed by atoms with E-state index in [2.05, 4.69) is 19.9 Å². The number of anilines is 1. The second-order valence-corrected chi connectivity index (χ2v) is 5.99. The average Bonchev–Trinajstić information content (AvgIpc) is 2.84. The minimum Gasteiger partial charge on any atom is -0.399 e. The van der Waals surface area contributed by atoms with E-state index in [1.54, 1.807) is 11.8 Å². The molecule has 0 saturated carbocycles. The largest absolute Gasteiger partial charge is 0.399 e. The molecule has 0 amide bonds. The summed E-state index contributed by atoms with van der Waals surface area (Å²) in [5, 5.41) is 0.788. The lowest BCUT2D eigenvalue weighted by atomic mass is 10.2. The average molecular weight is 299 g/mol. The minimum absolute atomic E-state index is 0.705. The van der Waals surface area contributed by atoms with Gasteiger partial charge in [0.05, 0.1) is 16.8 Å². The zero-order valence-corrected chi connectivity index (χ0v) is 13.1. The molecule has 0 aliphatic carbocycles. The zero-order valence-electron chi connectivity index (χ0n) is 12.3. The first-order valence-electron chi connectivity index (χ1n) is 6.71. The van der Waals surface area contributed by atoms with Crippen molar-refractivity contribution in [2.24, 2.45) is 0 Å². The predicted octanol–water partition coefficient (Wildman–Crippen LogP) is 3.15. The molecule has 3 N–H and O–H groups in total. The fraction of sp³-hybridized carbons (Fsp3) is 0.267. The monoisotopic (exact) mass is 299 g/mol. The Balaban J connectivity index is 1.80. The number of nitrogens with one attached hydrogen (secondary N) is 1. The molecule has 0 aliphatic heterocycles. The number of fused-ring (bicyclic) bond motifs is 1. The number of benzene rings is 1. The van der Waals surface area contributed by atoms with Gasteiger partial charge in [0, 0.05) is 17.1 Å². The Hall–Kier alpha value is -2.08. The van der Waals surface area contributed by atoms with Crippen molar-refractivity contribution in [1.29, 1.82) is 0 Å². The quantitative estimate of drug-likeness (QED) is 0.441. The number of nitrogens with two attached hydrogens (primary N) is 1. The number of nitrogen functional groups attached to an aromatic ring is 1. The van der Waals surface area contributed by atoms with Crippen LogP contribution in [-0.2, 0) is 5.75 Å². The van der Waals surface area contributed by atoms with E-state index < -0.39 is 0 Å². The van der Waals surface area contributed by atoms with E-state index in [4.69, 9.17) is 5.73 Å². The number of H-pyrrole nitrogens is 1. The first kappa shape index (κ1) is 13.9. The topological polar surface area (TPSA) is 80.5 Å². The summed E-state index contributed by atoms with van der Waals surface area (Å²) in [6.07, 6.45) is 0. The minimum atomic E-state index is 0.705. The van der Waals surface area contributed by atoms with E-state index in [0.717, 1.165) is 44.7 Å². The van der Waals surface area contributed by atoms with E-state index >= 15 is 0 Å². The summed E-state index contributed by atoms with van der Waals surface area (Å²) in [7, 11) is 0. The number of rotatable bonds is 3. The molecule has 1 aromatic carbocycles. The lowest BCUT2D eigenvalue weighted by Gasteiger charge is -2.05. The van der Waals surface area contributed by atoms with E-state index in [1.807, 2.05) is 39.0 Å². The second kappa shape index (κ2) is 5.37. The molecule has 2 heterocycles. The van der Waals surface area contributed by atoms with Crippen molar-refractivity contribution in [2.45, 2.75) is 31.7 Å². The van der Waals surface area contributed by atoms with Crippen LogP contribution in [0.2, 0.25) is 0 Å². The van der Waals surface area contributed by atoms with Gasteiger partial charge in [-0.15, -0.1) is 0 Å². The maximum Gasteiger partial charge on any atom is 0.188 e. The second-order valence-electron chi connectivity index (χ2n) is 5.05. The Morgan fingerprint density at radius 1 is 1.10 bits per heavy atom. The molecule has 0 unspecified atom stereocenters. The molecule has 0 atom stereocenters. The van der Waals surface area contributed by atoms with Gasteiger partial charge in [-0.2, -0.15) is 0 Å². The van der Waals surface area contributed by atoms with Gasteiger partial charge in [-0.25, -0.2) is 15.0 Å². The zero-order chi connectivity index (χ0) is 15.0. The summed E-state index contributed by atoms with van der Waals surface area (Å²) in [5.74, 6) is 1.61. The molecule has 3 aromatic rings. The third-order valence-electron chi connectivity index (χ3n) is 3.51. The summed E-state index contributed by atoms with van der Waals surface area (Å²) in [5.41, 5.74) is 11.6. The molecule has 0 spiro atoms. The third-order valence-corrected chi connectivity index (χ3v) is 4.36. The highest BCUT2D eigenvalue weighted by molar-refractivity contribution is 7.98. The van der Waals surface area contributed by atoms with Crippen LogP contribution in [0, 0.1) is 20.8 Å². The SMILES string of the molecule is Cc1nc(SCc2nc3ccc(N)cc3[nH]2)nc(C)c1C. The first-order chi connectivity index (χ1) is 10.0. The molecule has 0 bridgehead atoms. The van der Waals surface area contributed by atoms with Crippen LogP contribution in [0.25, 0.3) is 11.0 Å². The van der Waals surface area contributed by atoms with Crippen molar-refractivity contribution < 1.29 is 0 Å². The molecule has 108 valence electrons. The van der Waals surface area contributed by atoms with E-state index in [9.17, 15) is 0 Å². The van der Waals surface area contributed by atoms with E-state index in [1.165, 1.54) is 0 Å². The van der Waals surface area contributed by atoms with Gasteiger partial charge in [0.2, 0.25) is 0 Å². The van der Waals surface area contributed by atoms with Gasteiger partial charge in [0.1, 0.15) is 5.82 Å². The van der Waals surface area contributed by atoms with Crippen molar-refractivity contribution >= 4 is 28.5 Å². The van der Waals surface area contributed by atoms with E-state index in [0.29, 0.717) is 5.75 Å². The molecule has 2 aromatic heterocycles. The molecule has 6 heteroatoms. The summed E-state index contributed by atoms with van der Waals surface area (Å²) >= 11 is 1.58. The van der Waals surface area contributed by atoms with Crippen LogP contribution >= 0.6 is 11.8 Å². The number of thioether (sulfide) groups is 1. The van der Waals surface area contributed by atoms with Crippen molar-refractivity contribution in [1.82, 2.24) is 19.9 Å². The van der Waals surface area contributed by atoms with Gasteiger partial charge < -0.3 is 10.7 Å². The molecule has 0 fully saturated rings. The van der Waals surface area contributed by atoms with Gasteiger partial charge in [0.15, 0.2) is 5.16 Å². The van der Waals surface area contributed by atoms with E-state index in [-0.39, 0.29) is 0 Å². The van der Waals surface area contributed by atoms with Crippen molar-refractivity contribution in [3.63, 3.8) is 0 Å². The standard InChI is InChI=1S/C15H17N5S/c1-8-9(2)17-15(18-10(8)3)21-7-14-19-12-5-4-11(16)6-13(12)20-14/h4-6H,7,16H2,1-3H3,(H,19,20). The van der Waals surface area contributed by atoms with Gasteiger partial charge in [0.25, 0.3) is 0 Å². The summed E-state index contributed by atoms with van der Waals surface area (Å²) in [4.78, 5) is 16.8. The predicted molar refractivity (Wildman–Crippen MR) is 86.3 cm³/mol. The number of aryl methyl sites for hydroxylation is 2. The number of nitrogens with zero attached hydrogens (tertiary/aromatic N) is 3.